The Balaban J connectivity index is 4.63. The summed E-state index contributed by atoms with van der Waals surface area (Å²) < 4.78 is 4.70. The topological polar surface area (TPSA) is 130 Å². The van der Waals surface area contributed by atoms with Crippen molar-refractivity contribution in [2.75, 3.05) is 19.0 Å². The molecule has 0 saturated heterocycles. The van der Waals surface area contributed by atoms with E-state index in [4.69, 9.17) is 14.9 Å². The Morgan fingerprint density at radius 3 is 2.25 bits per heavy atom. The van der Waals surface area contributed by atoms with E-state index in [1.807, 2.05) is 0 Å². The quantitative estimate of drug-likeness (QED) is 0.487. The Bertz CT molecular complexity index is 367. The van der Waals surface area contributed by atoms with Crippen LogP contribution in [-0.2, 0) is 23.9 Å². The Morgan fingerprint density at radius 2 is 1.85 bits per heavy atom. The summed E-state index contributed by atoms with van der Waals surface area (Å²) in [6.07, 6.45) is 0. The minimum absolute atomic E-state index is 0.0478. The van der Waals surface area contributed by atoms with Crippen LogP contribution in [0.2, 0.25) is 0 Å². The zero-order valence-electron chi connectivity index (χ0n) is 11.1. The Hall–Kier alpha value is -1.61. The highest BCUT2D eigenvalue weighted by atomic mass is 32.2. The predicted octanol–water partition coefficient (Wildman–Crippen LogP) is -0.993. The second kappa shape index (κ2) is 9.32. The van der Waals surface area contributed by atoms with Crippen LogP contribution in [0, 0.1) is 5.92 Å². The molecule has 0 radical (unpaired) electrons. The van der Waals surface area contributed by atoms with Crippen LogP contribution in [0.1, 0.15) is 13.8 Å². The molecule has 2 atom stereocenters. The van der Waals surface area contributed by atoms with E-state index in [0.717, 1.165) is 11.8 Å². The molecule has 0 bridgehead atoms. The molecule has 0 rings (SSSR count). The molecule has 3 N–H and O–H groups in total. The number of aliphatic hydroxyl groups is 1. The zero-order chi connectivity index (χ0) is 15.7. The average Bonchev–Trinajstić information content (AvgIpc) is 2.34. The lowest BCUT2D eigenvalue weighted by Crippen LogP contribution is -2.47. The number of ether oxygens (including phenoxy) is 1. The van der Waals surface area contributed by atoms with Gasteiger partial charge in [-0.1, -0.05) is 11.8 Å². The van der Waals surface area contributed by atoms with Crippen LogP contribution in [0.5, 0.6) is 0 Å². The lowest BCUT2D eigenvalue weighted by molar-refractivity contribution is -0.147. The fourth-order valence-corrected chi connectivity index (χ4v) is 1.79. The summed E-state index contributed by atoms with van der Waals surface area (Å²) in [5.74, 6) is -3.51. The largest absolute Gasteiger partial charge is 0.480 e. The minimum atomic E-state index is -1.44. The molecule has 0 heterocycles. The van der Waals surface area contributed by atoms with Crippen LogP contribution in [0.3, 0.4) is 0 Å². The molecule has 1 amide bonds. The van der Waals surface area contributed by atoms with Crippen LogP contribution in [0.25, 0.3) is 0 Å². The SMILES string of the molecule is CC(=O)OCC(CSC(C)=O)C(=O)N[C@@H](CO)C(=O)O. The van der Waals surface area contributed by atoms with Crippen LogP contribution in [0.4, 0.5) is 0 Å². The number of aliphatic carboxylic acids is 1. The summed E-state index contributed by atoms with van der Waals surface area (Å²) in [5, 5.41) is 19.4. The number of carboxylic acids is 1. The lowest BCUT2D eigenvalue weighted by Gasteiger charge is -2.18. The number of amides is 1. The van der Waals surface area contributed by atoms with Crippen molar-refractivity contribution in [3.05, 3.63) is 0 Å². The van der Waals surface area contributed by atoms with Crippen molar-refractivity contribution < 1.29 is 34.1 Å². The highest BCUT2D eigenvalue weighted by Crippen LogP contribution is 2.11. The monoisotopic (exact) mass is 307 g/mol. The first kappa shape index (κ1) is 18.4. The summed E-state index contributed by atoms with van der Waals surface area (Å²) in [6.45, 7) is 1.46. The first-order valence-corrected chi connectivity index (χ1v) is 6.67. The van der Waals surface area contributed by atoms with Gasteiger partial charge in [0.2, 0.25) is 5.91 Å². The Kier molecular flexibility index (Phi) is 8.57. The molecular weight excluding hydrogens is 290 g/mol. The molecule has 9 heteroatoms. The van der Waals surface area contributed by atoms with Gasteiger partial charge >= 0.3 is 11.9 Å². The van der Waals surface area contributed by atoms with Gasteiger partial charge in [0.15, 0.2) is 5.12 Å². The normalized spacial score (nSPS) is 13.2. The fourth-order valence-electron chi connectivity index (χ4n) is 1.11. The van der Waals surface area contributed by atoms with Gasteiger partial charge in [-0.2, -0.15) is 0 Å². The summed E-state index contributed by atoms with van der Waals surface area (Å²) in [4.78, 5) is 44.2. The van der Waals surface area contributed by atoms with Crippen molar-refractivity contribution in [2.45, 2.75) is 19.9 Å². The van der Waals surface area contributed by atoms with E-state index >= 15 is 0 Å². The molecule has 1 unspecified atom stereocenters. The van der Waals surface area contributed by atoms with Crippen molar-refractivity contribution >= 4 is 34.7 Å². The maximum atomic E-state index is 11.8. The molecule has 0 fully saturated rings. The second-order valence-corrected chi connectivity index (χ2v) is 5.08. The number of esters is 1. The van der Waals surface area contributed by atoms with E-state index < -0.39 is 36.4 Å². The second-order valence-electron chi connectivity index (χ2n) is 3.88. The van der Waals surface area contributed by atoms with E-state index in [1.165, 1.54) is 13.8 Å². The molecule has 20 heavy (non-hydrogen) atoms. The standard InChI is InChI=1S/C11H17NO7S/c1-6(14)19-4-8(5-20-7(2)15)10(16)12-9(3-13)11(17)18/h8-9,13H,3-5H2,1-2H3,(H,12,16)(H,17,18)/t8?,9-/m0/s1. The van der Waals surface area contributed by atoms with Crippen molar-refractivity contribution in [2.24, 2.45) is 5.92 Å². The molecule has 0 aliphatic carbocycles. The molecule has 0 spiro atoms. The fraction of sp³-hybridized carbons (Fsp3) is 0.636. The van der Waals surface area contributed by atoms with Crippen LogP contribution < -0.4 is 5.32 Å². The zero-order valence-corrected chi connectivity index (χ0v) is 11.9. The number of rotatable bonds is 8. The number of hydrogen-bond acceptors (Lipinski definition) is 7. The number of hydrogen-bond donors (Lipinski definition) is 3. The molecule has 0 aliphatic rings. The van der Waals surface area contributed by atoms with Crippen LogP contribution in [0.15, 0.2) is 0 Å². The van der Waals surface area contributed by atoms with Gasteiger partial charge in [-0.15, -0.1) is 0 Å². The summed E-state index contributed by atoms with van der Waals surface area (Å²) in [7, 11) is 0. The number of carboxylic acid groups (broad SMARTS) is 1. The van der Waals surface area contributed by atoms with E-state index in [1.54, 1.807) is 0 Å². The van der Waals surface area contributed by atoms with Gasteiger partial charge in [-0.25, -0.2) is 4.79 Å². The maximum absolute atomic E-state index is 11.8. The average molecular weight is 307 g/mol. The lowest BCUT2D eigenvalue weighted by atomic mass is 10.1. The van der Waals surface area contributed by atoms with Gasteiger partial charge in [0.1, 0.15) is 12.6 Å². The summed E-state index contributed by atoms with van der Waals surface area (Å²) >= 11 is 0.861. The van der Waals surface area contributed by atoms with Crippen molar-refractivity contribution in [1.29, 1.82) is 0 Å². The van der Waals surface area contributed by atoms with Gasteiger partial charge in [0.05, 0.1) is 12.5 Å². The highest BCUT2D eigenvalue weighted by Gasteiger charge is 2.26. The van der Waals surface area contributed by atoms with Crippen molar-refractivity contribution in [3.63, 3.8) is 0 Å². The Labute approximate surface area is 119 Å². The number of carbonyl (C=O) groups excluding carboxylic acids is 3. The maximum Gasteiger partial charge on any atom is 0.328 e. The van der Waals surface area contributed by atoms with Gasteiger partial charge in [0, 0.05) is 19.6 Å². The Morgan fingerprint density at radius 1 is 1.25 bits per heavy atom. The summed E-state index contributed by atoms with van der Waals surface area (Å²) in [6, 6.07) is -1.44. The van der Waals surface area contributed by atoms with Gasteiger partial charge in [0.25, 0.3) is 0 Å². The molecular formula is C11H17NO7S. The molecule has 0 aromatic heterocycles. The van der Waals surface area contributed by atoms with E-state index in [2.05, 4.69) is 5.32 Å². The van der Waals surface area contributed by atoms with Gasteiger partial charge in [-0.05, 0) is 0 Å². The first-order chi connectivity index (χ1) is 9.27. The number of thioether (sulfide) groups is 1. The molecule has 0 aromatic carbocycles. The molecule has 0 saturated carbocycles. The molecule has 0 aliphatic heterocycles. The van der Waals surface area contributed by atoms with Gasteiger partial charge in [-0.3, -0.25) is 14.4 Å². The summed E-state index contributed by atoms with van der Waals surface area (Å²) in [5.41, 5.74) is 0. The van der Waals surface area contributed by atoms with Crippen molar-refractivity contribution in [3.8, 4) is 0 Å². The molecule has 0 aromatic rings. The van der Waals surface area contributed by atoms with Crippen LogP contribution >= 0.6 is 11.8 Å². The first-order valence-electron chi connectivity index (χ1n) is 5.68. The van der Waals surface area contributed by atoms with Gasteiger partial charge < -0.3 is 20.3 Å². The third-order valence-electron chi connectivity index (χ3n) is 2.14. The molecule has 114 valence electrons. The van der Waals surface area contributed by atoms with Crippen molar-refractivity contribution in [1.82, 2.24) is 5.32 Å². The third-order valence-corrected chi connectivity index (χ3v) is 3.12. The van der Waals surface area contributed by atoms with E-state index in [9.17, 15) is 19.2 Å². The molecule has 8 nitrogen and oxygen atoms in total. The highest BCUT2D eigenvalue weighted by molar-refractivity contribution is 8.13. The minimum Gasteiger partial charge on any atom is -0.480 e. The van der Waals surface area contributed by atoms with Crippen LogP contribution in [-0.4, -0.2) is 58.2 Å². The number of carbonyl (C=O) groups is 4. The van der Waals surface area contributed by atoms with E-state index in [-0.39, 0.29) is 17.5 Å². The third kappa shape index (κ3) is 7.74. The van der Waals surface area contributed by atoms with E-state index in [0.29, 0.717) is 0 Å². The smallest absolute Gasteiger partial charge is 0.328 e. The predicted molar refractivity (Wildman–Crippen MR) is 69.9 cm³/mol. The number of nitrogens with one attached hydrogen (secondary N) is 1. The number of aliphatic hydroxyl groups excluding tert-OH is 1.